The molecule has 0 spiro atoms. The monoisotopic (exact) mass is 344 g/mol. The average Bonchev–Trinajstić information content (AvgIpc) is 2.08. The molecule has 0 aliphatic heterocycles. The van der Waals surface area contributed by atoms with Crippen molar-refractivity contribution in [3.8, 4) is 0 Å². The second kappa shape index (κ2) is 5.71. The number of rotatable bonds is 4. The molecule has 0 radical (unpaired) electrons. The molecule has 1 aromatic carbocycles. The van der Waals surface area contributed by atoms with E-state index in [4.69, 9.17) is 23.2 Å². The van der Waals surface area contributed by atoms with Crippen molar-refractivity contribution in [3.05, 3.63) is 33.8 Å². The Morgan fingerprint density at radius 2 is 1.94 bits per heavy atom. The van der Waals surface area contributed by atoms with Gasteiger partial charge in [-0.05, 0) is 24.1 Å². The fourth-order valence-corrected chi connectivity index (χ4v) is 4.22. The molecular weight excluding hydrogens is 335 g/mol. The van der Waals surface area contributed by atoms with Crippen LogP contribution in [0.2, 0.25) is 10.0 Å². The third-order valence-corrected chi connectivity index (χ3v) is 4.75. The van der Waals surface area contributed by atoms with Crippen LogP contribution in [0.1, 0.15) is 5.56 Å². The van der Waals surface area contributed by atoms with Crippen LogP contribution in [0.25, 0.3) is 0 Å². The van der Waals surface area contributed by atoms with E-state index in [2.05, 4.69) is 15.9 Å². The van der Waals surface area contributed by atoms with Gasteiger partial charge in [0, 0.05) is 11.1 Å². The van der Waals surface area contributed by atoms with Crippen LogP contribution in [-0.2, 0) is 16.3 Å². The molecule has 1 atom stereocenters. The lowest BCUT2D eigenvalue weighted by molar-refractivity contribution is 0.600. The van der Waals surface area contributed by atoms with Crippen LogP contribution >= 0.6 is 39.1 Å². The molecule has 0 saturated heterocycles. The van der Waals surface area contributed by atoms with Gasteiger partial charge >= 0.3 is 0 Å². The maximum Gasteiger partial charge on any atom is 0.148 e. The summed E-state index contributed by atoms with van der Waals surface area (Å²) in [6.07, 6.45) is 1.82. The summed E-state index contributed by atoms with van der Waals surface area (Å²) in [6.45, 7) is 0. The molecule has 2 nitrogen and oxygen atoms in total. The minimum atomic E-state index is -2.97. The van der Waals surface area contributed by atoms with Gasteiger partial charge in [-0.1, -0.05) is 45.2 Å². The molecule has 0 heterocycles. The summed E-state index contributed by atoms with van der Waals surface area (Å²) in [4.78, 5) is -0.111. The van der Waals surface area contributed by atoms with Crippen LogP contribution in [-0.4, -0.2) is 25.3 Å². The smallest absolute Gasteiger partial charge is 0.148 e. The van der Waals surface area contributed by atoms with Gasteiger partial charge in [0.05, 0.1) is 15.8 Å². The molecule has 1 rings (SSSR count). The van der Waals surface area contributed by atoms with E-state index in [-0.39, 0.29) is 10.6 Å². The van der Waals surface area contributed by atoms with Crippen LogP contribution in [0.15, 0.2) is 18.2 Å². The first-order valence-corrected chi connectivity index (χ1v) is 8.27. The van der Waals surface area contributed by atoms with Gasteiger partial charge in [0.15, 0.2) is 0 Å². The highest BCUT2D eigenvalue weighted by Crippen LogP contribution is 2.24. The zero-order valence-corrected chi connectivity index (χ0v) is 12.5. The lowest BCUT2D eigenvalue weighted by Gasteiger charge is -2.09. The van der Waals surface area contributed by atoms with Gasteiger partial charge < -0.3 is 0 Å². The largest absolute Gasteiger partial charge is 0.229 e. The van der Waals surface area contributed by atoms with Crippen molar-refractivity contribution < 1.29 is 8.42 Å². The van der Waals surface area contributed by atoms with Crippen LogP contribution < -0.4 is 0 Å². The summed E-state index contributed by atoms with van der Waals surface area (Å²) in [7, 11) is -2.97. The topological polar surface area (TPSA) is 34.1 Å². The number of benzene rings is 1. The molecule has 0 saturated carbocycles. The highest BCUT2D eigenvalue weighted by molar-refractivity contribution is 9.09. The lowest BCUT2D eigenvalue weighted by atomic mass is 10.1. The van der Waals surface area contributed by atoms with Gasteiger partial charge in [-0.3, -0.25) is 0 Å². The summed E-state index contributed by atoms with van der Waals surface area (Å²) < 4.78 is 22.2. The highest BCUT2D eigenvalue weighted by Gasteiger charge is 2.13. The fourth-order valence-electron chi connectivity index (χ4n) is 1.31. The number of hydrogen-bond donors (Lipinski definition) is 0. The maximum absolute atomic E-state index is 11.1. The molecule has 0 amide bonds. The SMILES string of the molecule is CS(=O)(=O)CC(Br)Cc1ccc(Cl)c(Cl)c1. The van der Waals surface area contributed by atoms with Gasteiger partial charge in [-0.25, -0.2) is 8.42 Å². The minimum absolute atomic E-state index is 0.104. The van der Waals surface area contributed by atoms with E-state index in [1.165, 1.54) is 6.26 Å². The summed E-state index contributed by atoms with van der Waals surface area (Å²) in [5.41, 5.74) is 0.958. The van der Waals surface area contributed by atoms with Crippen molar-refractivity contribution in [3.63, 3.8) is 0 Å². The van der Waals surface area contributed by atoms with Gasteiger partial charge in [0.25, 0.3) is 0 Å². The van der Waals surface area contributed by atoms with Crippen LogP contribution in [0.4, 0.5) is 0 Å². The van der Waals surface area contributed by atoms with E-state index in [1.807, 2.05) is 6.07 Å². The molecule has 0 aliphatic carbocycles. The summed E-state index contributed by atoms with van der Waals surface area (Å²) in [5, 5.41) is 0.984. The molecule has 0 aliphatic rings. The molecule has 1 aromatic rings. The van der Waals surface area contributed by atoms with Gasteiger partial charge in [-0.15, -0.1) is 0 Å². The summed E-state index contributed by atoms with van der Waals surface area (Å²) >= 11 is 15.0. The Morgan fingerprint density at radius 1 is 1.31 bits per heavy atom. The molecular formula is C10H11BrCl2O2S. The molecule has 0 N–H and O–H groups in total. The van der Waals surface area contributed by atoms with E-state index < -0.39 is 9.84 Å². The first kappa shape index (κ1) is 14.3. The fraction of sp³-hybridized carbons (Fsp3) is 0.400. The molecule has 6 heteroatoms. The molecule has 1 unspecified atom stereocenters. The first-order valence-electron chi connectivity index (χ1n) is 4.53. The third kappa shape index (κ3) is 5.04. The van der Waals surface area contributed by atoms with Crippen molar-refractivity contribution in [1.29, 1.82) is 0 Å². The van der Waals surface area contributed by atoms with Crippen LogP contribution in [0.5, 0.6) is 0 Å². The first-order chi connectivity index (χ1) is 7.28. The molecule has 0 bridgehead atoms. The lowest BCUT2D eigenvalue weighted by Crippen LogP contribution is -2.16. The van der Waals surface area contributed by atoms with Crippen molar-refractivity contribution in [2.24, 2.45) is 0 Å². The van der Waals surface area contributed by atoms with E-state index in [0.29, 0.717) is 16.5 Å². The Balaban J connectivity index is 2.70. The molecule has 0 fully saturated rings. The summed E-state index contributed by atoms with van der Waals surface area (Å²) in [5.74, 6) is 0.104. The second-order valence-corrected chi connectivity index (χ2v) is 7.94. The Kier molecular flexibility index (Phi) is 5.10. The van der Waals surface area contributed by atoms with Crippen molar-refractivity contribution in [2.75, 3.05) is 12.0 Å². The molecule has 90 valence electrons. The summed E-state index contributed by atoms with van der Waals surface area (Å²) in [6, 6.07) is 5.30. The third-order valence-electron chi connectivity index (χ3n) is 1.92. The van der Waals surface area contributed by atoms with Crippen LogP contribution in [0.3, 0.4) is 0 Å². The number of alkyl halides is 1. The predicted octanol–water partition coefficient (Wildman–Crippen LogP) is 3.34. The number of sulfone groups is 1. The standard InChI is InChI=1S/C10H11BrCl2O2S/c1-16(14,15)6-8(11)4-7-2-3-9(12)10(13)5-7/h2-3,5,8H,4,6H2,1H3. The number of halogens is 3. The Bertz CT molecular complexity index is 474. The number of hydrogen-bond acceptors (Lipinski definition) is 2. The van der Waals surface area contributed by atoms with Gasteiger partial charge in [0.2, 0.25) is 0 Å². The zero-order chi connectivity index (χ0) is 12.3. The Hall–Kier alpha value is 0.230. The Labute approximate surface area is 114 Å². The van der Waals surface area contributed by atoms with E-state index >= 15 is 0 Å². The Morgan fingerprint density at radius 3 is 2.44 bits per heavy atom. The second-order valence-electron chi connectivity index (χ2n) is 3.64. The van der Waals surface area contributed by atoms with Crippen LogP contribution in [0, 0.1) is 0 Å². The molecule has 0 aromatic heterocycles. The van der Waals surface area contributed by atoms with Gasteiger partial charge in [0.1, 0.15) is 9.84 Å². The predicted molar refractivity (Wildman–Crippen MR) is 72.6 cm³/mol. The zero-order valence-electron chi connectivity index (χ0n) is 8.58. The highest BCUT2D eigenvalue weighted by atomic mass is 79.9. The van der Waals surface area contributed by atoms with E-state index in [9.17, 15) is 8.42 Å². The maximum atomic E-state index is 11.1. The normalized spacial score (nSPS) is 13.8. The van der Waals surface area contributed by atoms with E-state index in [0.717, 1.165) is 5.56 Å². The molecule has 16 heavy (non-hydrogen) atoms. The minimum Gasteiger partial charge on any atom is -0.229 e. The van der Waals surface area contributed by atoms with Crippen molar-refractivity contribution in [1.82, 2.24) is 0 Å². The van der Waals surface area contributed by atoms with E-state index in [1.54, 1.807) is 12.1 Å². The van der Waals surface area contributed by atoms with Crippen molar-refractivity contribution >= 4 is 49.0 Å². The average molecular weight is 346 g/mol. The van der Waals surface area contributed by atoms with Gasteiger partial charge in [-0.2, -0.15) is 0 Å². The van der Waals surface area contributed by atoms with Crippen molar-refractivity contribution in [2.45, 2.75) is 11.2 Å². The quantitative estimate of drug-likeness (QED) is 0.784.